The highest BCUT2D eigenvalue weighted by atomic mass is 79.9. The normalized spacial score (nSPS) is 12.5. The fourth-order valence-electron chi connectivity index (χ4n) is 2.48. The Morgan fingerprint density at radius 3 is 2.71 bits per heavy atom. The minimum Gasteiger partial charge on any atom is -0.496 e. The highest BCUT2D eigenvalue weighted by molar-refractivity contribution is 9.10. The van der Waals surface area contributed by atoms with Gasteiger partial charge in [0.15, 0.2) is 0 Å². The van der Waals surface area contributed by atoms with Crippen LogP contribution in [0.3, 0.4) is 0 Å². The third-order valence-corrected chi connectivity index (χ3v) is 4.62. The number of benzene rings is 1. The molecular weight excluding hydrogens is 330 g/mol. The number of aromatic nitrogens is 2. The third kappa shape index (κ3) is 3.30. The SMILES string of the molecule is CCc1nn(C)c(CC(N)c2ccc(C)cc2OC)c1Br. The second-order valence-electron chi connectivity index (χ2n) is 5.24. The zero-order valence-corrected chi connectivity index (χ0v) is 14.6. The summed E-state index contributed by atoms with van der Waals surface area (Å²) in [4.78, 5) is 0. The molecule has 1 aromatic carbocycles. The van der Waals surface area contributed by atoms with Gasteiger partial charge < -0.3 is 10.5 Å². The Labute approximate surface area is 134 Å². The Bertz CT molecular complexity index is 637. The van der Waals surface area contributed by atoms with Crippen molar-refractivity contribution < 1.29 is 4.74 Å². The average Bonchev–Trinajstić information content (AvgIpc) is 2.74. The molecule has 21 heavy (non-hydrogen) atoms. The smallest absolute Gasteiger partial charge is 0.123 e. The maximum atomic E-state index is 6.40. The minimum absolute atomic E-state index is 0.128. The van der Waals surface area contributed by atoms with Crippen molar-refractivity contribution in [2.75, 3.05) is 7.11 Å². The lowest BCUT2D eigenvalue weighted by Gasteiger charge is -2.16. The lowest BCUT2D eigenvalue weighted by atomic mass is 10.00. The van der Waals surface area contributed by atoms with E-state index < -0.39 is 0 Å². The van der Waals surface area contributed by atoms with Crippen LogP contribution in [0.15, 0.2) is 22.7 Å². The van der Waals surface area contributed by atoms with Gasteiger partial charge in [0.1, 0.15) is 5.75 Å². The van der Waals surface area contributed by atoms with Gasteiger partial charge in [-0.25, -0.2) is 0 Å². The molecule has 0 saturated carbocycles. The van der Waals surface area contributed by atoms with E-state index in [-0.39, 0.29) is 6.04 Å². The van der Waals surface area contributed by atoms with Gasteiger partial charge in [0.25, 0.3) is 0 Å². The number of halogens is 1. The highest BCUT2D eigenvalue weighted by Crippen LogP contribution is 2.30. The average molecular weight is 352 g/mol. The molecule has 1 atom stereocenters. The number of nitrogens with zero attached hydrogens (tertiary/aromatic N) is 2. The molecule has 2 aromatic rings. The fraction of sp³-hybridized carbons (Fsp3) is 0.438. The van der Waals surface area contributed by atoms with Crippen molar-refractivity contribution in [1.82, 2.24) is 9.78 Å². The van der Waals surface area contributed by atoms with Gasteiger partial charge in [-0.15, -0.1) is 0 Å². The number of hydrogen-bond acceptors (Lipinski definition) is 3. The molecule has 1 heterocycles. The van der Waals surface area contributed by atoms with Crippen LogP contribution in [0.2, 0.25) is 0 Å². The maximum Gasteiger partial charge on any atom is 0.123 e. The Kier molecular flexibility index (Phi) is 5.06. The van der Waals surface area contributed by atoms with Crippen molar-refractivity contribution in [1.29, 1.82) is 0 Å². The predicted molar refractivity (Wildman–Crippen MR) is 88.6 cm³/mol. The summed E-state index contributed by atoms with van der Waals surface area (Å²) in [5.74, 6) is 0.844. The molecule has 114 valence electrons. The molecule has 0 radical (unpaired) electrons. The summed E-state index contributed by atoms with van der Waals surface area (Å²) in [5.41, 5.74) is 10.8. The zero-order chi connectivity index (χ0) is 15.6. The molecule has 4 nitrogen and oxygen atoms in total. The molecule has 0 fully saturated rings. The van der Waals surface area contributed by atoms with Gasteiger partial charge in [-0.05, 0) is 40.9 Å². The summed E-state index contributed by atoms with van der Waals surface area (Å²) in [7, 11) is 3.64. The summed E-state index contributed by atoms with van der Waals surface area (Å²) < 4.78 is 8.43. The van der Waals surface area contributed by atoms with Gasteiger partial charge in [0.2, 0.25) is 0 Å². The molecule has 0 bridgehead atoms. The van der Waals surface area contributed by atoms with Crippen LogP contribution in [0.4, 0.5) is 0 Å². The molecule has 0 aliphatic heterocycles. The second-order valence-corrected chi connectivity index (χ2v) is 6.03. The van der Waals surface area contributed by atoms with E-state index in [1.807, 2.05) is 30.8 Å². The molecule has 1 unspecified atom stereocenters. The first-order valence-electron chi connectivity index (χ1n) is 7.08. The molecule has 2 N–H and O–H groups in total. The molecule has 0 spiro atoms. The van der Waals surface area contributed by atoms with E-state index in [9.17, 15) is 0 Å². The molecular formula is C16H22BrN3O. The number of methoxy groups -OCH3 is 1. The molecule has 0 aliphatic carbocycles. The molecule has 0 saturated heterocycles. The van der Waals surface area contributed by atoms with E-state index >= 15 is 0 Å². The topological polar surface area (TPSA) is 53.1 Å². The summed E-state index contributed by atoms with van der Waals surface area (Å²) in [5, 5.41) is 4.52. The first-order chi connectivity index (χ1) is 9.97. The van der Waals surface area contributed by atoms with Gasteiger partial charge >= 0.3 is 0 Å². The molecule has 1 aromatic heterocycles. The van der Waals surface area contributed by atoms with Gasteiger partial charge in [0, 0.05) is 25.1 Å². The van der Waals surface area contributed by atoms with E-state index in [0.717, 1.165) is 39.2 Å². The number of aryl methyl sites for hydroxylation is 3. The van der Waals surface area contributed by atoms with E-state index in [0.29, 0.717) is 6.42 Å². The molecule has 5 heteroatoms. The first kappa shape index (κ1) is 16.0. The maximum absolute atomic E-state index is 6.40. The van der Waals surface area contributed by atoms with Gasteiger partial charge in [-0.2, -0.15) is 5.10 Å². The molecule has 0 amide bonds. The molecule has 2 rings (SSSR count). The zero-order valence-electron chi connectivity index (χ0n) is 13.0. The third-order valence-electron chi connectivity index (χ3n) is 3.70. The lowest BCUT2D eigenvalue weighted by molar-refractivity contribution is 0.404. The fourth-order valence-corrected chi connectivity index (χ4v) is 3.26. The summed E-state index contributed by atoms with van der Waals surface area (Å²) in [6.45, 7) is 4.14. The quantitative estimate of drug-likeness (QED) is 0.898. The molecule has 0 aliphatic rings. The van der Waals surface area contributed by atoms with Gasteiger partial charge in [-0.3, -0.25) is 4.68 Å². The Balaban J connectivity index is 2.30. The standard InChI is InChI=1S/C16H22BrN3O/c1-5-13-16(17)14(20(3)19-13)9-12(18)11-7-6-10(2)8-15(11)21-4/h6-8,12H,5,9,18H2,1-4H3. The van der Waals surface area contributed by atoms with Gasteiger partial charge in [0.05, 0.1) is 23.0 Å². The Morgan fingerprint density at radius 2 is 2.14 bits per heavy atom. The summed E-state index contributed by atoms with van der Waals surface area (Å²) in [6, 6.07) is 6.00. The van der Waals surface area contributed by atoms with Crippen LogP contribution in [-0.4, -0.2) is 16.9 Å². The van der Waals surface area contributed by atoms with Crippen molar-refractivity contribution >= 4 is 15.9 Å². The van der Waals surface area contributed by atoms with E-state index in [1.165, 1.54) is 0 Å². The van der Waals surface area contributed by atoms with Crippen LogP contribution >= 0.6 is 15.9 Å². The van der Waals surface area contributed by atoms with Crippen LogP contribution in [0.1, 0.15) is 35.5 Å². The highest BCUT2D eigenvalue weighted by Gasteiger charge is 2.18. The summed E-state index contributed by atoms with van der Waals surface area (Å²) in [6.07, 6.45) is 1.61. The number of nitrogens with two attached hydrogens (primary N) is 1. The second kappa shape index (κ2) is 6.62. The number of hydrogen-bond donors (Lipinski definition) is 1. The van der Waals surface area contributed by atoms with Crippen molar-refractivity contribution in [3.63, 3.8) is 0 Å². The number of ether oxygens (including phenoxy) is 1. The minimum atomic E-state index is -0.128. The summed E-state index contributed by atoms with van der Waals surface area (Å²) >= 11 is 3.64. The Hall–Kier alpha value is -1.33. The van der Waals surface area contributed by atoms with Crippen molar-refractivity contribution in [3.8, 4) is 5.75 Å². The van der Waals surface area contributed by atoms with Crippen LogP contribution in [0.5, 0.6) is 5.75 Å². The van der Waals surface area contributed by atoms with E-state index in [1.54, 1.807) is 7.11 Å². The van der Waals surface area contributed by atoms with Gasteiger partial charge in [-0.1, -0.05) is 19.1 Å². The van der Waals surface area contributed by atoms with Crippen molar-refractivity contribution in [3.05, 3.63) is 45.2 Å². The number of rotatable bonds is 5. The Morgan fingerprint density at radius 1 is 1.43 bits per heavy atom. The van der Waals surface area contributed by atoms with Crippen LogP contribution < -0.4 is 10.5 Å². The largest absolute Gasteiger partial charge is 0.496 e. The van der Waals surface area contributed by atoms with Crippen molar-refractivity contribution in [2.24, 2.45) is 12.8 Å². The lowest BCUT2D eigenvalue weighted by Crippen LogP contribution is -2.16. The van der Waals surface area contributed by atoms with Crippen LogP contribution in [0, 0.1) is 6.92 Å². The van der Waals surface area contributed by atoms with Crippen LogP contribution in [-0.2, 0) is 19.9 Å². The predicted octanol–water partition coefficient (Wildman–Crippen LogP) is 3.30. The van der Waals surface area contributed by atoms with Crippen LogP contribution in [0.25, 0.3) is 0 Å². The first-order valence-corrected chi connectivity index (χ1v) is 7.87. The van der Waals surface area contributed by atoms with Crippen molar-refractivity contribution in [2.45, 2.75) is 32.7 Å². The van der Waals surface area contributed by atoms with E-state index in [2.05, 4.69) is 34.0 Å². The monoisotopic (exact) mass is 351 g/mol. The van der Waals surface area contributed by atoms with E-state index in [4.69, 9.17) is 10.5 Å².